The van der Waals surface area contributed by atoms with E-state index < -0.39 is 21.8 Å². The summed E-state index contributed by atoms with van der Waals surface area (Å²) in [6, 6.07) is 10.1. The average Bonchev–Trinajstić information content (AvgIpc) is 3.32. The van der Waals surface area contributed by atoms with Crippen LogP contribution in [-0.4, -0.2) is 38.3 Å². The molecule has 2 aliphatic heterocycles. The first-order valence-electron chi connectivity index (χ1n) is 10.8. The third kappa shape index (κ3) is 4.68. The van der Waals surface area contributed by atoms with Crippen LogP contribution in [0.25, 0.3) is 0 Å². The van der Waals surface area contributed by atoms with Gasteiger partial charge in [0.15, 0.2) is 0 Å². The fraction of sp³-hybridized carbons (Fsp3) is 0.435. The van der Waals surface area contributed by atoms with Crippen LogP contribution < -0.4 is 4.90 Å². The summed E-state index contributed by atoms with van der Waals surface area (Å²) in [5.41, 5.74) is 1.22. The predicted molar refractivity (Wildman–Crippen MR) is 115 cm³/mol. The molecule has 2 aromatic rings. The lowest BCUT2D eigenvalue weighted by Gasteiger charge is -2.30. The molecule has 0 aliphatic carbocycles. The first-order chi connectivity index (χ1) is 15.2. The van der Waals surface area contributed by atoms with Gasteiger partial charge in [0, 0.05) is 31.7 Å². The van der Waals surface area contributed by atoms with E-state index in [-0.39, 0.29) is 17.2 Å². The molecule has 0 atom stereocenters. The van der Waals surface area contributed by atoms with E-state index in [4.69, 9.17) is 0 Å². The van der Waals surface area contributed by atoms with Gasteiger partial charge < -0.3 is 4.90 Å². The fourth-order valence-electron chi connectivity index (χ4n) is 4.32. The van der Waals surface area contributed by atoms with Crippen LogP contribution in [0.3, 0.4) is 0 Å². The third-order valence-electron chi connectivity index (χ3n) is 6.08. The quantitative estimate of drug-likeness (QED) is 0.656. The summed E-state index contributed by atoms with van der Waals surface area (Å²) in [5, 5.41) is 0. The van der Waals surface area contributed by atoms with E-state index in [2.05, 4.69) is 0 Å². The second-order valence-corrected chi connectivity index (χ2v) is 10.2. The molecule has 0 unspecified atom stereocenters. The van der Waals surface area contributed by atoms with Crippen LogP contribution in [0.5, 0.6) is 0 Å². The number of alkyl halides is 3. The van der Waals surface area contributed by atoms with Crippen LogP contribution in [0.2, 0.25) is 0 Å². The van der Waals surface area contributed by atoms with Crippen molar-refractivity contribution in [3.63, 3.8) is 0 Å². The maximum atomic E-state index is 13.0. The van der Waals surface area contributed by atoms with Crippen LogP contribution in [0, 0.1) is 0 Å². The van der Waals surface area contributed by atoms with Crippen molar-refractivity contribution in [2.45, 2.75) is 49.6 Å². The zero-order chi connectivity index (χ0) is 22.9. The lowest BCUT2D eigenvalue weighted by atomic mass is 9.98. The molecular formula is C23H25F3N2O3S. The molecule has 5 nitrogen and oxygen atoms in total. The second kappa shape index (κ2) is 8.86. The lowest BCUT2D eigenvalue weighted by Crippen LogP contribution is -2.35. The Morgan fingerprint density at radius 2 is 1.62 bits per heavy atom. The molecule has 1 saturated heterocycles. The van der Waals surface area contributed by atoms with Crippen molar-refractivity contribution in [3.8, 4) is 0 Å². The molecule has 0 saturated carbocycles. The monoisotopic (exact) mass is 466 g/mol. The van der Waals surface area contributed by atoms with E-state index in [0.29, 0.717) is 50.1 Å². The van der Waals surface area contributed by atoms with Gasteiger partial charge in [0.1, 0.15) is 0 Å². The maximum Gasteiger partial charge on any atom is 0.416 e. The Balaban J connectivity index is 1.41. The number of rotatable bonds is 5. The summed E-state index contributed by atoms with van der Waals surface area (Å²) in [6.07, 6.45) is -0.921. The van der Waals surface area contributed by atoms with Crippen molar-refractivity contribution in [2.24, 2.45) is 0 Å². The first kappa shape index (κ1) is 22.8. The Morgan fingerprint density at radius 1 is 0.938 bits per heavy atom. The summed E-state index contributed by atoms with van der Waals surface area (Å²) in [6.45, 7) is 1.56. The van der Waals surface area contributed by atoms with Gasteiger partial charge in [-0.15, -0.1) is 0 Å². The fourth-order valence-corrected chi connectivity index (χ4v) is 5.84. The molecule has 0 spiro atoms. The summed E-state index contributed by atoms with van der Waals surface area (Å²) in [7, 11) is -3.47. The van der Waals surface area contributed by atoms with E-state index in [1.54, 1.807) is 29.2 Å². The van der Waals surface area contributed by atoms with Crippen LogP contribution in [-0.2, 0) is 33.8 Å². The molecule has 4 rings (SSSR count). The highest BCUT2D eigenvalue weighted by Gasteiger charge is 2.32. The average molecular weight is 467 g/mol. The van der Waals surface area contributed by atoms with Gasteiger partial charge in [0.05, 0.1) is 10.5 Å². The normalized spacial score (nSPS) is 17.4. The van der Waals surface area contributed by atoms with Gasteiger partial charge in [-0.05, 0) is 73.6 Å². The minimum absolute atomic E-state index is 0.153. The number of sulfonamides is 1. The van der Waals surface area contributed by atoms with Gasteiger partial charge in [-0.3, -0.25) is 4.79 Å². The van der Waals surface area contributed by atoms with Crippen LogP contribution >= 0.6 is 0 Å². The Labute approximate surface area is 185 Å². The van der Waals surface area contributed by atoms with Gasteiger partial charge in [0.25, 0.3) is 0 Å². The van der Waals surface area contributed by atoms with Crippen LogP contribution in [0.4, 0.5) is 18.9 Å². The number of carbonyl (C=O) groups is 1. The van der Waals surface area contributed by atoms with E-state index in [0.717, 1.165) is 30.5 Å². The predicted octanol–water partition coefficient (Wildman–Crippen LogP) is 4.40. The molecule has 1 fully saturated rings. The summed E-state index contributed by atoms with van der Waals surface area (Å²) in [4.78, 5) is 14.6. The topological polar surface area (TPSA) is 57.7 Å². The Kier molecular flexibility index (Phi) is 6.31. The van der Waals surface area contributed by atoms with Gasteiger partial charge in [-0.25, -0.2) is 8.42 Å². The van der Waals surface area contributed by atoms with E-state index >= 15 is 0 Å². The molecule has 2 aromatic carbocycles. The number of anilines is 1. The standard InChI is InChI=1S/C23H25F3N2O3S/c24-23(25,26)19-8-11-21-18(16-19)4-3-15-28(21)22(29)12-7-17-5-9-20(10-6-17)32(30,31)27-13-1-2-14-27/h5-6,8-11,16H,1-4,7,12-15H2. The summed E-state index contributed by atoms with van der Waals surface area (Å²) >= 11 is 0. The number of aryl methyl sites for hydroxylation is 2. The van der Waals surface area contributed by atoms with E-state index in [1.165, 1.54) is 10.4 Å². The van der Waals surface area contributed by atoms with Crippen molar-refractivity contribution < 1.29 is 26.4 Å². The number of halogens is 3. The lowest BCUT2D eigenvalue weighted by molar-refractivity contribution is -0.137. The Morgan fingerprint density at radius 3 is 2.28 bits per heavy atom. The van der Waals surface area contributed by atoms with Crippen molar-refractivity contribution in [1.29, 1.82) is 0 Å². The minimum Gasteiger partial charge on any atom is -0.312 e. The number of carbonyl (C=O) groups excluding carboxylic acids is 1. The minimum atomic E-state index is -4.41. The number of hydrogen-bond donors (Lipinski definition) is 0. The molecule has 0 N–H and O–H groups in total. The molecular weight excluding hydrogens is 441 g/mol. The Bertz CT molecular complexity index is 1090. The first-order valence-corrected chi connectivity index (χ1v) is 12.2. The number of nitrogens with zero attached hydrogens (tertiary/aromatic N) is 2. The highest BCUT2D eigenvalue weighted by Crippen LogP contribution is 2.35. The van der Waals surface area contributed by atoms with Gasteiger partial charge in [-0.2, -0.15) is 17.5 Å². The number of hydrogen-bond acceptors (Lipinski definition) is 3. The molecule has 2 heterocycles. The molecule has 1 amide bonds. The molecule has 2 aliphatic rings. The zero-order valence-corrected chi connectivity index (χ0v) is 18.4. The molecule has 9 heteroatoms. The number of amides is 1. The number of fused-ring (bicyclic) bond motifs is 1. The molecule has 0 bridgehead atoms. The summed E-state index contributed by atoms with van der Waals surface area (Å²) < 4.78 is 65.7. The molecule has 172 valence electrons. The zero-order valence-electron chi connectivity index (χ0n) is 17.6. The second-order valence-electron chi connectivity index (χ2n) is 8.25. The number of benzene rings is 2. The largest absolute Gasteiger partial charge is 0.416 e. The smallest absolute Gasteiger partial charge is 0.312 e. The van der Waals surface area contributed by atoms with E-state index in [9.17, 15) is 26.4 Å². The molecule has 0 radical (unpaired) electrons. The molecule has 0 aromatic heterocycles. The van der Waals surface area contributed by atoms with Crippen molar-refractivity contribution in [2.75, 3.05) is 24.5 Å². The Hall–Kier alpha value is -2.39. The van der Waals surface area contributed by atoms with Gasteiger partial charge in [0.2, 0.25) is 15.9 Å². The SMILES string of the molecule is O=C(CCc1ccc(S(=O)(=O)N2CCCC2)cc1)N1CCCc2cc(C(F)(F)F)ccc21. The molecule has 32 heavy (non-hydrogen) atoms. The van der Waals surface area contributed by atoms with E-state index in [1.807, 2.05) is 0 Å². The van der Waals surface area contributed by atoms with Crippen molar-refractivity contribution >= 4 is 21.6 Å². The highest BCUT2D eigenvalue weighted by molar-refractivity contribution is 7.89. The maximum absolute atomic E-state index is 13.0. The van der Waals surface area contributed by atoms with Gasteiger partial charge >= 0.3 is 6.18 Å². The van der Waals surface area contributed by atoms with Gasteiger partial charge in [-0.1, -0.05) is 12.1 Å². The third-order valence-corrected chi connectivity index (χ3v) is 7.99. The van der Waals surface area contributed by atoms with Crippen molar-refractivity contribution in [1.82, 2.24) is 4.31 Å². The van der Waals surface area contributed by atoms with Crippen LogP contribution in [0.15, 0.2) is 47.4 Å². The highest BCUT2D eigenvalue weighted by atomic mass is 32.2. The van der Waals surface area contributed by atoms with Crippen molar-refractivity contribution in [3.05, 3.63) is 59.2 Å². The van der Waals surface area contributed by atoms with Crippen LogP contribution in [0.1, 0.15) is 42.4 Å². The summed E-state index contributed by atoms with van der Waals surface area (Å²) in [5.74, 6) is -0.153.